The highest BCUT2D eigenvalue weighted by molar-refractivity contribution is 4.48. The number of aliphatic hydroxyl groups excluding tert-OH is 3. The quantitative estimate of drug-likeness (QED) is 0.435. The SMILES string of the molecule is CC(O)CO.CCC(O)CN. The lowest BCUT2D eigenvalue weighted by molar-refractivity contribution is 0.110. The summed E-state index contributed by atoms with van der Waals surface area (Å²) in [5.74, 6) is 0. The van der Waals surface area contributed by atoms with Crippen LogP contribution < -0.4 is 5.73 Å². The summed E-state index contributed by atoms with van der Waals surface area (Å²) in [4.78, 5) is 0. The van der Waals surface area contributed by atoms with E-state index in [1.807, 2.05) is 6.92 Å². The second-order valence-corrected chi connectivity index (χ2v) is 2.33. The van der Waals surface area contributed by atoms with Crippen molar-refractivity contribution in [3.8, 4) is 0 Å². The average Bonchev–Trinajstić information content (AvgIpc) is 2.04. The van der Waals surface area contributed by atoms with Gasteiger partial charge in [-0.3, -0.25) is 0 Å². The Balaban J connectivity index is 0. The van der Waals surface area contributed by atoms with Crippen molar-refractivity contribution in [2.24, 2.45) is 5.73 Å². The van der Waals surface area contributed by atoms with Crippen LogP contribution in [0.2, 0.25) is 0 Å². The van der Waals surface area contributed by atoms with E-state index in [9.17, 15) is 0 Å². The minimum Gasteiger partial charge on any atom is -0.394 e. The van der Waals surface area contributed by atoms with Crippen LogP contribution >= 0.6 is 0 Å². The molecule has 0 radical (unpaired) electrons. The first-order valence-corrected chi connectivity index (χ1v) is 3.75. The van der Waals surface area contributed by atoms with Crippen LogP contribution in [0, 0.1) is 0 Å². The summed E-state index contributed by atoms with van der Waals surface area (Å²) in [7, 11) is 0. The van der Waals surface area contributed by atoms with Crippen LogP contribution in [0.5, 0.6) is 0 Å². The second kappa shape index (κ2) is 9.84. The Labute approximate surface area is 67.7 Å². The molecule has 2 atom stereocenters. The van der Waals surface area contributed by atoms with Crippen molar-refractivity contribution < 1.29 is 15.3 Å². The molecule has 4 heteroatoms. The molecule has 0 aromatic carbocycles. The van der Waals surface area contributed by atoms with Gasteiger partial charge in [-0.1, -0.05) is 6.92 Å². The van der Waals surface area contributed by atoms with Gasteiger partial charge in [0.25, 0.3) is 0 Å². The Morgan fingerprint density at radius 3 is 1.73 bits per heavy atom. The highest BCUT2D eigenvalue weighted by Crippen LogP contribution is 1.81. The second-order valence-electron chi connectivity index (χ2n) is 2.33. The van der Waals surface area contributed by atoms with Crippen molar-refractivity contribution in [2.45, 2.75) is 32.5 Å². The van der Waals surface area contributed by atoms with Crippen molar-refractivity contribution in [3.05, 3.63) is 0 Å². The van der Waals surface area contributed by atoms with Gasteiger partial charge in [0.1, 0.15) is 0 Å². The normalized spacial score (nSPS) is 14.7. The molecule has 0 aromatic rings. The maximum absolute atomic E-state index is 8.54. The lowest BCUT2D eigenvalue weighted by atomic mass is 10.3. The first-order chi connectivity index (χ1) is 5.08. The zero-order chi connectivity index (χ0) is 9.28. The van der Waals surface area contributed by atoms with E-state index in [1.54, 1.807) is 0 Å². The van der Waals surface area contributed by atoms with Crippen LogP contribution in [-0.2, 0) is 0 Å². The number of rotatable bonds is 3. The standard InChI is InChI=1S/C4H11NO.C3H8O2/c1-2-4(6)3-5;1-3(5)2-4/h4,6H,2-3,5H2,1H3;3-5H,2H2,1H3. The smallest absolute Gasteiger partial charge is 0.0742 e. The summed E-state index contributed by atoms with van der Waals surface area (Å²) in [5.41, 5.74) is 5.03. The summed E-state index contributed by atoms with van der Waals surface area (Å²) in [6, 6.07) is 0. The first kappa shape index (κ1) is 13.4. The van der Waals surface area contributed by atoms with E-state index in [4.69, 9.17) is 21.1 Å². The van der Waals surface area contributed by atoms with E-state index in [1.165, 1.54) is 6.92 Å². The molecule has 0 spiro atoms. The van der Waals surface area contributed by atoms with Gasteiger partial charge < -0.3 is 21.1 Å². The Morgan fingerprint density at radius 2 is 1.73 bits per heavy atom. The Kier molecular flexibility index (Phi) is 12.0. The molecular formula is C7H19NO3. The molecule has 0 bridgehead atoms. The summed E-state index contributed by atoms with van der Waals surface area (Å²) in [5, 5.41) is 24.5. The zero-order valence-electron chi connectivity index (χ0n) is 7.20. The summed E-state index contributed by atoms with van der Waals surface area (Å²) in [6.07, 6.45) is -0.0868. The van der Waals surface area contributed by atoms with E-state index in [0.29, 0.717) is 6.54 Å². The molecule has 5 N–H and O–H groups in total. The topological polar surface area (TPSA) is 86.7 Å². The van der Waals surface area contributed by atoms with Crippen molar-refractivity contribution >= 4 is 0 Å². The molecule has 0 aliphatic heterocycles. The van der Waals surface area contributed by atoms with E-state index in [2.05, 4.69) is 0 Å². The van der Waals surface area contributed by atoms with Gasteiger partial charge >= 0.3 is 0 Å². The molecule has 70 valence electrons. The average molecular weight is 165 g/mol. The molecule has 0 amide bonds. The van der Waals surface area contributed by atoms with Gasteiger partial charge in [0, 0.05) is 6.54 Å². The molecule has 0 aliphatic rings. The summed E-state index contributed by atoms with van der Waals surface area (Å²) >= 11 is 0. The van der Waals surface area contributed by atoms with Gasteiger partial charge in [0.2, 0.25) is 0 Å². The molecule has 0 saturated heterocycles. The number of hydrogen-bond donors (Lipinski definition) is 4. The molecule has 2 unspecified atom stereocenters. The largest absolute Gasteiger partial charge is 0.394 e. The van der Waals surface area contributed by atoms with Crippen LogP contribution in [0.3, 0.4) is 0 Å². The predicted octanol–water partition coefficient (Wildman–Crippen LogP) is -0.924. The van der Waals surface area contributed by atoms with Gasteiger partial charge in [-0.15, -0.1) is 0 Å². The summed E-state index contributed by atoms with van der Waals surface area (Å²) in [6.45, 7) is 3.67. The van der Waals surface area contributed by atoms with Gasteiger partial charge in [0.05, 0.1) is 18.8 Å². The van der Waals surface area contributed by atoms with Crippen molar-refractivity contribution in [2.75, 3.05) is 13.2 Å². The molecular weight excluding hydrogens is 146 g/mol. The lowest BCUT2D eigenvalue weighted by Gasteiger charge is -1.98. The van der Waals surface area contributed by atoms with Crippen molar-refractivity contribution in [1.82, 2.24) is 0 Å². The molecule has 0 heterocycles. The molecule has 4 nitrogen and oxygen atoms in total. The van der Waals surface area contributed by atoms with Crippen molar-refractivity contribution in [1.29, 1.82) is 0 Å². The lowest BCUT2D eigenvalue weighted by Crippen LogP contribution is -2.17. The molecule has 0 rings (SSSR count). The third-order valence-electron chi connectivity index (χ3n) is 1.01. The Bertz CT molecular complexity index is 64.7. The minimum absolute atomic E-state index is 0.139. The van der Waals surface area contributed by atoms with E-state index < -0.39 is 6.10 Å². The van der Waals surface area contributed by atoms with Crippen LogP contribution in [0.25, 0.3) is 0 Å². The Morgan fingerprint density at radius 1 is 1.36 bits per heavy atom. The molecule has 0 aliphatic carbocycles. The number of aliphatic hydroxyl groups is 3. The van der Waals surface area contributed by atoms with Crippen molar-refractivity contribution in [3.63, 3.8) is 0 Å². The number of nitrogens with two attached hydrogens (primary N) is 1. The fourth-order valence-corrected chi connectivity index (χ4v) is 0.167. The molecule has 0 fully saturated rings. The van der Waals surface area contributed by atoms with Gasteiger partial charge in [0.15, 0.2) is 0 Å². The van der Waals surface area contributed by atoms with Crippen LogP contribution in [0.4, 0.5) is 0 Å². The maximum Gasteiger partial charge on any atom is 0.0742 e. The van der Waals surface area contributed by atoms with Gasteiger partial charge in [-0.05, 0) is 13.3 Å². The molecule has 0 aromatic heterocycles. The predicted molar refractivity (Wildman–Crippen MR) is 44.1 cm³/mol. The van der Waals surface area contributed by atoms with E-state index in [0.717, 1.165) is 6.42 Å². The van der Waals surface area contributed by atoms with Crippen LogP contribution in [0.1, 0.15) is 20.3 Å². The Hall–Kier alpha value is -0.160. The van der Waals surface area contributed by atoms with E-state index >= 15 is 0 Å². The highest BCUT2D eigenvalue weighted by Gasteiger charge is 1.90. The molecule has 0 saturated carbocycles. The van der Waals surface area contributed by atoms with Gasteiger partial charge in [-0.2, -0.15) is 0 Å². The third-order valence-corrected chi connectivity index (χ3v) is 1.01. The minimum atomic E-state index is -0.560. The highest BCUT2D eigenvalue weighted by atomic mass is 16.3. The zero-order valence-corrected chi connectivity index (χ0v) is 7.20. The fourth-order valence-electron chi connectivity index (χ4n) is 0.167. The van der Waals surface area contributed by atoms with Crippen LogP contribution in [0.15, 0.2) is 0 Å². The fraction of sp³-hybridized carbons (Fsp3) is 1.00. The third kappa shape index (κ3) is 17.7. The molecule has 11 heavy (non-hydrogen) atoms. The summed E-state index contributed by atoms with van der Waals surface area (Å²) < 4.78 is 0. The van der Waals surface area contributed by atoms with Crippen LogP contribution in [-0.4, -0.2) is 40.7 Å². The number of hydrogen-bond acceptors (Lipinski definition) is 4. The monoisotopic (exact) mass is 165 g/mol. The van der Waals surface area contributed by atoms with E-state index in [-0.39, 0.29) is 12.7 Å². The first-order valence-electron chi connectivity index (χ1n) is 3.75. The maximum atomic E-state index is 8.54. The van der Waals surface area contributed by atoms with Gasteiger partial charge in [-0.25, -0.2) is 0 Å².